The maximum Gasteiger partial charge on any atom is 0.337 e. The van der Waals surface area contributed by atoms with Crippen LogP contribution in [-0.4, -0.2) is 23.2 Å². The molecule has 0 spiro atoms. The summed E-state index contributed by atoms with van der Waals surface area (Å²) >= 11 is 0. The van der Waals surface area contributed by atoms with Crippen molar-refractivity contribution in [2.24, 2.45) is 0 Å². The highest BCUT2D eigenvalue weighted by atomic mass is 16.5. The summed E-state index contributed by atoms with van der Waals surface area (Å²) in [5.74, 6) is -0.398. The highest BCUT2D eigenvalue weighted by Gasteiger charge is 2.35. The van der Waals surface area contributed by atoms with E-state index in [-0.39, 0.29) is 5.56 Å². The van der Waals surface area contributed by atoms with Gasteiger partial charge in [-0.15, -0.1) is 0 Å². The van der Waals surface area contributed by atoms with Gasteiger partial charge < -0.3 is 14.0 Å². The molecule has 1 atom stereocenters. The standard InChI is InChI=1S/C20H23NO4/c1-5-21-10-6-7-15(18(21)22)17-16-11-13(19(23)24-4)8-9-14(16)12-20(2,3)25-17/h6-11,17H,5,12H2,1-4H3. The molecule has 0 saturated carbocycles. The number of benzene rings is 1. The first-order chi connectivity index (χ1) is 11.9. The Balaban J connectivity index is 2.18. The molecule has 0 bridgehead atoms. The van der Waals surface area contributed by atoms with Gasteiger partial charge in [-0.25, -0.2) is 4.79 Å². The molecule has 0 aliphatic carbocycles. The minimum atomic E-state index is -0.505. The number of esters is 1. The van der Waals surface area contributed by atoms with Crippen LogP contribution >= 0.6 is 0 Å². The number of methoxy groups -OCH3 is 1. The predicted molar refractivity (Wildman–Crippen MR) is 94.9 cm³/mol. The van der Waals surface area contributed by atoms with Crippen molar-refractivity contribution in [3.63, 3.8) is 0 Å². The Bertz CT molecular complexity index is 866. The summed E-state index contributed by atoms with van der Waals surface area (Å²) in [7, 11) is 1.36. The molecule has 0 saturated heterocycles. The number of ether oxygens (including phenoxy) is 2. The normalized spacial score (nSPS) is 18.5. The van der Waals surface area contributed by atoms with Crippen molar-refractivity contribution in [3.05, 3.63) is 69.1 Å². The second-order valence-electron chi connectivity index (χ2n) is 6.89. The largest absolute Gasteiger partial charge is 0.465 e. The van der Waals surface area contributed by atoms with Crippen LogP contribution in [0.1, 0.15) is 53.9 Å². The number of aryl methyl sites for hydroxylation is 1. The zero-order valence-electron chi connectivity index (χ0n) is 15.0. The molecular formula is C20H23NO4. The molecule has 1 aliphatic rings. The summed E-state index contributed by atoms with van der Waals surface area (Å²) in [6.45, 7) is 6.55. The van der Waals surface area contributed by atoms with Crippen molar-refractivity contribution in [1.82, 2.24) is 4.57 Å². The lowest BCUT2D eigenvalue weighted by Gasteiger charge is -2.38. The number of aromatic nitrogens is 1. The fraction of sp³-hybridized carbons (Fsp3) is 0.400. The molecule has 1 unspecified atom stereocenters. The third kappa shape index (κ3) is 3.24. The minimum Gasteiger partial charge on any atom is -0.465 e. The molecule has 5 nitrogen and oxygen atoms in total. The second-order valence-corrected chi connectivity index (χ2v) is 6.89. The molecule has 0 fully saturated rings. The van der Waals surface area contributed by atoms with Crippen LogP contribution in [-0.2, 0) is 22.4 Å². The van der Waals surface area contributed by atoms with Crippen molar-refractivity contribution in [3.8, 4) is 0 Å². The van der Waals surface area contributed by atoms with E-state index in [0.717, 1.165) is 17.5 Å². The minimum absolute atomic E-state index is 0.0675. The lowest BCUT2D eigenvalue weighted by molar-refractivity contribution is -0.0675. The van der Waals surface area contributed by atoms with E-state index < -0.39 is 17.7 Å². The topological polar surface area (TPSA) is 57.5 Å². The van der Waals surface area contributed by atoms with Crippen molar-refractivity contribution >= 4 is 5.97 Å². The number of carbonyl (C=O) groups is 1. The van der Waals surface area contributed by atoms with E-state index in [1.165, 1.54) is 7.11 Å². The third-order valence-electron chi connectivity index (χ3n) is 4.58. The molecular weight excluding hydrogens is 318 g/mol. The molecule has 2 heterocycles. The zero-order valence-corrected chi connectivity index (χ0v) is 15.0. The quantitative estimate of drug-likeness (QED) is 0.805. The Morgan fingerprint density at radius 3 is 2.76 bits per heavy atom. The number of fused-ring (bicyclic) bond motifs is 1. The molecule has 2 aromatic rings. The van der Waals surface area contributed by atoms with E-state index in [0.29, 0.717) is 17.7 Å². The van der Waals surface area contributed by atoms with Gasteiger partial charge in [0.2, 0.25) is 0 Å². The number of carbonyl (C=O) groups excluding carboxylic acids is 1. The summed E-state index contributed by atoms with van der Waals surface area (Å²) in [6.07, 6.45) is 1.98. The maximum atomic E-state index is 12.8. The average Bonchev–Trinajstić information content (AvgIpc) is 2.59. The molecule has 1 aliphatic heterocycles. The first-order valence-electron chi connectivity index (χ1n) is 8.44. The summed E-state index contributed by atoms with van der Waals surface area (Å²) < 4.78 is 12.8. The monoisotopic (exact) mass is 341 g/mol. The zero-order chi connectivity index (χ0) is 18.2. The van der Waals surface area contributed by atoms with E-state index >= 15 is 0 Å². The van der Waals surface area contributed by atoms with Crippen LogP contribution in [0.4, 0.5) is 0 Å². The van der Waals surface area contributed by atoms with E-state index in [1.807, 2.05) is 32.9 Å². The van der Waals surface area contributed by atoms with Gasteiger partial charge in [-0.05, 0) is 56.2 Å². The predicted octanol–water partition coefficient (Wildman–Crippen LogP) is 3.10. The number of pyridine rings is 1. The Hall–Kier alpha value is -2.40. The van der Waals surface area contributed by atoms with Gasteiger partial charge >= 0.3 is 5.97 Å². The SMILES string of the molecule is CCn1cccc(C2OC(C)(C)Cc3ccc(C(=O)OC)cc32)c1=O. The van der Waals surface area contributed by atoms with Crippen LogP contribution in [0.5, 0.6) is 0 Å². The number of nitrogens with zero attached hydrogens (tertiary/aromatic N) is 1. The number of hydrogen-bond acceptors (Lipinski definition) is 4. The van der Waals surface area contributed by atoms with Crippen molar-refractivity contribution in [2.45, 2.75) is 45.4 Å². The van der Waals surface area contributed by atoms with Gasteiger partial charge in [0.15, 0.2) is 0 Å². The van der Waals surface area contributed by atoms with Crippen molar-refractivity contribution in [2.75, 3.05) is 7.11 Å². The Kier molecular flexibility index (Phi) is 4.52. The van der Waals surface area contributed by atoms with Crippen LogP contribution in [0.2, 0.25) is 0 Å². The summed E-state index contributed by atoms with van der Waals surface area (Å²) in [6, 6.07) is 9.13. The first-order valence-corrected chi connectivity index (χ1v) is 8.44. The van der Waals surface area contributed by atoms with Gasteiger partial charge in [0.05, 0.1) is 23.8 Å². The van der Waals surface area contributed by atoms with Gasteiger partial charge in [0.25, 0.3) is 5.56 Å². The fourth-order valence-electron chi connectivity index (χ4n) is 3.36. The van der Waals surface area contributed by atoms with Crippen LogP contribution in [0.25, 0.3) is 0 Å². The van der Waals surface area contributed by atoms with Gasteiger partial charge in [0, 0.05) is 19.2 Å². The molecule has 1 aromatic heterocycles. The van der Waals surface area contributed by atoms with Gasteiger partial charge in [-0.3, -0.25) is 4.79 Å². The van der Waals surface area contributed by atoms with Gasteiger partial charge in [0.1, 0.15) is 6.10 Å². The Morgan fingerprint density at radius 1 is 1.32 bits per heavy atom. The summed E-state index contributed by atoms with van der Waals surface area (Å²) in [4.78, 5) is 24.7. The molecule has 1 aromatic carbocycles. The maximum absolute atomic E-state index is 12.8. The van der Waals surface area contributed by atoms with Crippen molar-refractivity contribution in [1.29, 1.82) is 0 Å². The molecule has 3 rings (SSSR count). The highest BCUT2D eigenvalue weighted by Crippen LogP contribution is 2.39. The van der Waals surface area contributed by atoms with E-state index in [4.69, 9.17) is 9.47 Å². The highest BCUT2D eigenvalue weighted by molar-refractivity contribution is 5.89. The van der Waals surface area contributed by atoms with E-state index in [2.05, 4.69) is 0 Å². The van der Waals surface area contributed by atoms with Gasteiger partial charge in [-0.1, -0.05) is 6.07 Å². The summed E-state index contributed by atoms with van der Waals surface area (Å²) in [5.41, 5.74) is 2.52. The molecule has 0 radical (unpaired) electrons. The third-order valence-corrected chi connectivity index (χ3v) is 4.58. The smallest absolute Gasteiger partial charge is 0.337 e. The lowest BCUT2D eigenvalue weighted by Crippen LogP contribution is -2.37. The van der Waals surface area contributed by atoms with Crippen molar-refractivity contribution < 1.29 is 14.3 Å². The molecule has 0 amide bonds. The van der Waals surface area contributed by atoms with Crippen LogP contribution < -0.4 is 5.56 Å². The van der Waals surface area contributed by atoms with E-state index in [1.54, 1.807) is 29.0 Å². The lowest BCUT2D eigenvalue weighted by atomic mass is 9.85. The molecule has 0 N–H and O–H groups in total. The van der Waals surface area contributed by atoms with Crippen LogP contribution in [0, 0.1) is 0 Å². The Labute approximate surface area is 147 Å². The number of rotatable bonds is 3. The average molecular weight is 341 g/mol. The fourth-order valence-corrected chi connectivity index (χ4v) is 3.36. The number of hydrogen-bond donors (Lipinski definition) is 0. The van der Waals surface area contributed by atoms with E-state index in [9.17, 15) is 9.59 Å². The second kappa shape index (κ2) is 6.48. The van der Waals surface area contributed by atoms with Gasteiger partial charge in [-0.2, -0.15) is 0 Å². The Morgan fingerprint density at radius 2 is 2.08 bits per heavy atom. The van der Waals surface area contributed by atoms with Crippen LogP contribution in [0.15, 0.2) is 41.3 Å². The molecule has 5 heteroatoms. The van der Waals surface area contributed by atoms with Crippen LogP contribution in [0.3, 0.4) is 0 Å². The molecule has 132 valence electrons. The summed E-state index contributed by atoms with van der Waals surface area (Å²) in [5, 5.41) is 0. The molecule has 25 heavy (non-hydrogen) atoms. The first kappa shape index (κ1) is 17.4.